The smallest absolute Gasteiger partial charge is 0.185 e. The molecule has 27 heavy (non-hydrogen) atoms. The monoisotopic (exact) mass is 423 g/mol. The molecule has 4 nitrogen and oxygen atoms in total. The number of Topliss-reactive ketones (excluding diaryl/α,β-unsaturated/α-hetero) is 1. The molecule has 0 amide bonds. The number of H-pyrrole nitrogens is 1. The van der Waals surface area contributed by atoms with Gasteiger partial charge in [0.05, 0.1) is 7.11 Å². The molecule has 3 aromatic rings. The Hall–Kier alpha value is -2.79. The van der Waals surface area contributed by atoms with Gasteiger partial charge in [-0.05, 0) is 60.9 Å². The topological polar surface area (TPSA) is 62.3 Å². The zero-order chi connectivity index (χ0) is 19.0. The highest BCUT2D eigenvalue weighted by Gasteiger charge is 2.23. The van der Waals surface area contributed by atoms with Crippen molar-refractivity contribution in [1.29, 1.82) is 0 Å². The average Bonchev–Trinajstić information content (AvgIpc) is 3.21. The lowest BCUT2D eigenvalue weighted by Gasteiger charge is -2.04. The van der Waals surface area contributed by atoms with Crippen molar-refractivity contribution in [3.63, 3.8) is 0 Å². The number of methoxy groups -OCH3 is 1. The van der Waals surface area contributed by atoms with Gasteiger partial charge >= 0.3 is 0 Å². The largest absolute Gasteiger partial charge is 0.504 e. The third-order valence-corrected chi connectivity index (χ3v) is 5.29. The van der Waals surface area contributed by atoms with E-state index in [-0.39, 0.29) is 11.5 Å². The van der Waals surface area contributed by atoms with Crippen LogP contribution in [-0.2, 0) is 4.79 Å². The average molecular weight is 424 g/mol. The van der Waals surface area contributed by atoms with Crippen molar-refractivity contribution >= 4 is 44.8 Å². The van der Waals surface area contributed by atoms with Crippen molar-refractivity contribution in [2.24, 2.45) is 0 Å². The fraction of sp³-hybridized carbons (Fsp3) is 0.136. The first-order chi connectivity index (χ1) is 13.0. The summed E-state index contributed by atoms with van der Waals surface area (Å²) in [5.41, 5.74) is 4.48. The van der Waals surface area contributed by atoms with Gasteiger partial charge in [-0.15, -0.1) is 0 Å². The maximum Gasteiger partial charge on any atom is 0.185 e. The molecular weight excluding hydrogens is 406 g/mol. The molecule has 2 aromatic carbocycles. The van der Waals surface area contributed by atoms with E-state index in [9.17, 15) is 9.90 Å². The standard InChI is InChI=1S/C22H18BrNO3/c1-27-21-9-13(2-7-20(21)25)8-14-3-4-15(22(14)26)10-16-12-24-19-6-5-17(23)11-18(16)19/h2,5-12,24-25H,3-4H2,1H3/b14-8-,15-10+. The Bertz CT molecular complexity index is 1110. The van der Waals surface area contributed by atoms with E-state index in [0.29, 0.717) is 12.2 Å². The van der Waals surface area contributed by atoms with E-state index in [1.54, 1.807) is 18.2 Å². The second-order valence-corrected chi connectivity index (χ2v) is 7.45. The van der Waals surface area contributed by atoms with Gasteiger partial charge in [0.2, 0.25) is 0 Å². The van der Waals surface area contributed by atoms with Crippen LogP contribution in [0.15, 0.2) is 58.2 Å². The Morgan fingerprint density at radius 3 is 2.67 bits per heavy atom. The molecule has 0 bridgehead atoms. The number of ether oxygens (including phenoxy) is 1. The first-order valence-electron chi connectivity index (χ1n) is 8.64. The molecule has 0 saturated heterocycles. The summed E-state index contributed by atoms with van der Waals surface area (Å²) in [4.78, 5) is 16.1. The number of halogens is 1. The minimum absolute atomic E-state index is 0.0754. The number of hydrogen-bond acceptors (Lipinski definition) is 3. The van der Waals surface area contributed by atoms with Gasteiger partial charge in [-0.3, -0.25) is 4.79 Å². The number of allylic oxidation sites excluding steroid dienone is 2. The van der Waals surface area contributed by atoms with Crippen LogP contribution in [0.1, 0.15) is 24.0 Å². The highest BCUT2D eigenvalue weighted by Crippen LogP contribution is 2.33. The summed E-state index contributed by atoms with van der Waals surface area (Å²) >= 11 is 3.50. The number of hydrogen-bond donors (Lipinski definition) is 2. The van der Waals surface area contributed by atoms with Crippen LogP contribution in [0, 0.1) is 0 Å². The van der Waals surface area contributed by atoms with Crippen LogP contribution >= 0.6 is 15.9 Å². The molecule has 0 spiro atoms. The Morgan fingerprint density at radius 2 is 1.89 bits per heavy atom. The van der Waals surface area contributed by atoms with Crippen molar-refractivity contribution in [2.75, 3.05) is 7.11 Å². The van der Waals surface area contributed by atoms with Gasteiger partial charge in [0.15, 0.2) is 17.3 Å². The number of aromatic nitrogens is 1. The summed E-state index contributed by atoms with van der Waals surface area (Å²) in [7, 11) is 1.51. The summed E-state index contributed by atoms with van der Waals surface area (Å²) in [6.45, 7) is 0. The fourth-order valence-corrected chi connectivity index (χ4v) is 3.75. The number of phenolic OH excluding ortho intramolecular Hbond substituents is 1. The number of carbonyl (C=O) groups excluding carboxylic acids is 1. The van der Waals surface area contributed by atoms with Gasteiger partial charge in [-0.2, -0.15) is 0 Å². The minimum atomic E-state index is 0.0754. The summed E-state index contributed by atoms with van der Waals surface area (Å²) in [5, 5.41) is 10.8. The zero-order valence-electron chi connectivity index (χ0n) is 14.8. The van der Waals surface area contributed by atoms with Gasteiger partial charge in [-0.25, -0.2) is 0 Å². The van der Waals surface area contributed by atoms with E-state index in [2.05, 4.69) is 27.0 Å². The summed E-state index contributed by atoms with van der Waals surface area (Å²) < 4.78 is 6.14. The fourth-order valence-electron chi connectivity index (χ4n) is 3.38. The number of aromatic hydroxyl groups is 1. The highest BCUT2D eigenvalue weighted by atomic mass is 79.9. The van der Waals surface area contributed by atoms with Crippen molar-refractivity contribution in [1.82, 2.24) is 4.98 Å². The number of phenols is 1. The maximum atomic E-state index is 12.8. The van der Waals surface area contributed by atoms with E-state index in [1.165, 1.54) is 7.11 Å². The lowest BCUT2D eigenvalue weighted by molar-refractivity contribution is -0.111. The van der Waals surface area contributed by atoms with Crippen LogP contribution in [0.4, 0.5) is 0 Å². The van der Waals surface area contributed by atoms with Crippen molar-refractivity contribution in [3.05, 3.63) is 69.3 Å². The molecule has 1 saturated carbocycles. The molecule has 2 N–H and O–H groups in total. The Morgan fingerprint density at radius 1 is 1.11 bits per heavy atom. The Labute approximate surface area is 165 Å². The van der Waals surface area contributed by atoms with E-state index < -0.39 is 0 Å². The minimum Gasteiger partial charge on any atom is -0.504 e. The molecule has 1 heterocycles. The van der Waals surface area contributed by atoms with E-state index in [0.717, 1.165) is 44.1 Å². The predicted molar refractivity (Wildman–Crippen MR) is 111 cm³/mol. The number of carbonyl (C=O) groups is 1. The molecule has 0 aliphatic heterocycles. The molecule has 0 unspecified atom stereocenters. The Balaban J connectivity index is 1.65. The zero-order valence-corrected chi connectivity index (χ0v) is 16.3. The second-order valence-electron chi connectivity index (χ2n) is 6.53. The van der Waals surface area contributed by atoms with Gasteiger partial charge in [0.1, 0.15) is 0 Å². The highest BCUT2D eigenvalue weighted by molar-refractivity contribution is 9.10. The summed E-state index contributed by atoms with van der Waals surface area (Å²) in [6, 6.07) is 11.1. The molecular formula is C22H18BrNO3. The maximum absolute atomic E-state index is 12.8. The summed E-state index contributed by atoms with van der Waals surface area (Å²) in [6.07, 6.45) is 7.22. The van der Waals surface area contributed by atoms with Crippen LogP contribution < -0.4 is 4.74 Å². The Kier molecular flexibility index (Phi) is 4.62. The molecule has 0 radical (unpaired) electrons. The van der Waals surface area contributed by atoms with E-state index >= 15 is 0 Å². The van der Waals surface area contributed by atoms with Crippen molar-refractivity contribution in [3.8, 4) is 11.5 Å². The number of fused-ring (bicyclic) bond motifs is 1. The number of rotatable bonds is 3. The lowest BCUT2D eigenvalue weighted by atomic mass is 10.1. The number of nitrogens with one attached hydrogen (secondary N) is 1. The summed E-state index contributed by atoms with van der Waals surface area (Å²) in [5.74, 6) is 0.560. The van der Waals surface area contributed by atoms with Crippen LogP contribution in [0.25, 0.3) is 23.1 Å². The van der Waals surface area contributed by atoms with Crippen molar-refractivity contribution < 1.29 is 14.6 Å². The molecule has 1 aliphatic carbocycles. The third-order valence-electron chi connectivity index (χ3n) is 4.80. The normalized spacial score (nSPS) is 17.3. The van der Waals surface area contributed by atoms with Crippen LogP contribution in [-0.4, -0.2) is 23.0 Å². The van der Waals surface area contributed by atoms with Gasteiger partial charge < -0.3 is 14.8 Å². The quantitative estimate of drug-likeness (QED) is 0.548. The second kappa shape index (κ2) is 7.08. The first-order valence-corrected chi connectivity index (χ1v) is 9.44. The molecule has 1 aliphatic rings. The van der Waals surface area contributed by atoms with Crippen LogP contribution in [0.5, 0.6) is 11.5 Å². The number of benzene rings is 2. The van der Waals surface area contributed by atoms with Crippen LogP contribution in [0.2, 0.25) is 0 Å². The van der Waals surface area contributed by atoms with Gasteiger partial charge in [0.25, 0.3) is 0 Å². The van der Waals surface area contributed by atoms with Crippen molar-refractivity contribution in [2.45, 2.75) is 12.8 Å². The number of ketones is 1. The molecule has 1 fully saturated rings. The predicted octanol–water partition coefficient (Wildman–Crippen LogP) is 5.47. The van der Waals surface area contributed by atoms with Gasteiger partial charge in [0, 0.05) is 38.3 Å². The van der Waals surface area contributed by atoms with Gasteiger partial charge in [-0.1, -0.05) is 22.0 Å². The lowest BCUT2D eigenvalue weighted by Crippen LogP contribution is -1.95. The molecule has 5 heteroatoms. The van der Waals surface area contributed by atoms with Crippen LogP contribution in [0.3, 0.4) is 0 Å². The first kappa shape index (κ1) is 17.6. The molecule has 4 rings (SSSR count). The van der Waals surface area contributed by atoms with E-state index in [1.807, 2.05) is 30.5 Å². The van der Waals surface area contributed by atoms with E-state index in [4.69, 9.17) is 4.74 Å². The number of aromatic amines is 1. The SMILES string of the molecule is COc1cc(/C=C2/CC/C(=C\c3c[nH]c4ccc(Br)cc34)C2=O)ccc1O. The molecule has 136 valence electrons. The molecule has 1 aromatic heterocycles. The third kappa shape index (κ3) is 3.43. The molecule has 0 atom stereocenters.